The third-order valence-electron chi connectivity index (χ3n) is 5.97. The molecule has 1 saturated carbocycles. The monoisotopic (exact) mass is 438 g/mol. The number of methoxy groups -OCH3 is 4. The molecule has 30 heavy (non-hydrogen) atoms. The molecular formula is C20H26N2O7S. The second-order valence-electron chi connectivity index (χ2n) is 7.22. The molecule has 4 atom stereocenters. The van der Waals surface area contributed by atoms with Gasteiger partial charge in [0.2, 0.25) is 5.79 Å². The number of nitrogens with zero attached hydrogens (tertiary/aromatic N) is 2. The van der Waals surface area contributed by atoms with Gasteiger partial charge in [-0.25, -0.2) is 4.98 Å². The van der Waals surface area contributed by atoms with Gasteiger partial charge in [-0.1, -0.05) is 11.6 Å². The molecule has 0 spiro atoms. The Morgan fingerprint density at radius 3 is 2.53 bits per heavy atom. The second kappa shape index (κ2) is 9.23. The molecule has 3 aliphatic carbocycles. The third-order valence-corrected chi connectivity index (χ3v) is 6.28. The summed E-state index contributed by atoms with van der Waals surface area (Å²) in [6.45, 7) is 0. The Hall–Kier alpha value is -2.30. The van der Waals surface area contributed by atoms with E-state index in [0.29, 0.717) is 12.8 Å². The lowest BCUT2D eigenvalue weighted by Crippen LogP contribution is -2.65. The van der Waals surface area contributed by atoms with Crippen molar-refractivity contribution in [3.05, 3.63) is 30.4 Å². The highest BCUT2D eigenvalue weighted by Crippen LogP contribution is 2.54. The Morgan fingerprint density at radius 1 is 1.23 bits per heavy atom. The number of thiocarbonyl (C=S) groups is 1. The van der Waals surface area contributed by atoms with Crippen LogP contribution >= 0.6 is 12.2 Å². The van der Waals surface area contributed by atoms with Gasteiger partial charge in [0.15, 0.2) is 6.10 Å². The second-order valence-corrected chi connectivity index (χ2v) is 7.57. The predicted molar refractivity (Wildman–Crippen MR) is 108 cm³/mol. The van der Waals surface area contributed by atoms with Crippen LogP contribution < -0.4 is 0 Å². The van der Waals surface area contributed by atoms with E-state index in [-0.39, 0.29) is 29.5 Å². The van der Waals surface area contributed by atoms with Crippen LogP contribution in [-0.4, -0.2) is 67.0 Å². The Bertz CT molecular complexity index is 819. The van der Waals surface area contributed by atoms with Gasteiger partial charge in [-0.05, 0) is 25.1 Å². The number of hydrogen-bond acceptors (Lipinski definition) is 9. The van der Waals surface area contributed by atoms with Crippen LogP contribution in [0.4, 0.5) is 0 Å². The highest BCUT2D eigenvalue weighted by atomic mass is 32.1. The number of carbonyl (C=O) groups is 2. The van der Waals surface area contributed by atoms with Crippen LogP contribution in [0.5, 0.6) is 0 Å². The van der Waals surface area contributed by atoms with Crippen LogP contribution in [0.2, 0.25) is 0 Å². The lowest BCUT2D eigenvalue weighted by Gasteiger charge is -2.55. The number of esters is 2. The Labute approximate surface area is 180 Å². The van der Waals surface area contributed by atoms with Crippen molar-refractivity contribution in [3.63, 3.8) is 0 Å². The normalized spacial score (nSPS) is 26.6. The molecule has 0 aliphatic heterocycles. The molecule has 0 aromatic carbocycles. The quantitative estimate of drug-likeness (QED) is 0.273. The van der Waals surface area contributed by atoms with E-state index < -0.39 is 23.7 Å². The van der Waals surface area contributed by atoms with E-state index in [0.717, 1.165) is 5.57 Å². The molecule has 1 aromatic rings. The van der Waals surface area contributed by atoms with Crippen molar-refractivity contribution in [3.8, 4) is 0 Å². The Morgan fingerprint density at radius 2 is 1.97 bits per heavy atom. The maximum Gasteiger partial charge on any atom is 0.309 e. The summed E-state index contributed by atoms with van der Waals surface area (Å²) in [4.78, 5) is 28.2. The highest BCUT2D eigenvalue weighted by molar-refractivity contribution is 7.80. The standard InChI is InChI=1S/C20H26N2O7S/c1-25-16(23)6-5-12-9-13-14(18(24)26-2)10-15(12)20(27-3,28-4)17(13)29-19(30)22-8-7-21-11-22/h7-9,11,13-15,17H,5-6,10H2,1-4H3/t13?,14?,15?,17-/m0/s1. The molecule has 3 aliphatic rings. The molecule has 1 heterocycles. The lowest BCUT2D eigenvalue weighted by molar-refractivity contribution is -0.308. The van der Waals surface area contributed by atoms with Gasteiger partial charge in [0.25, 0.3) is 5.17 Å². The number of carbonyl (C=O) groups excluding carboxylic acids is 2. The van der Waals surface area contributed by atoms with E-state index in [1.165, 1.54) is 34.8 Å². The van der Waals surface area contributed by atoms with E-state index in [1.807, 2.05) is 6.08 Å². The molecule has 9 nitrogen and oxygen atoms in total. The minimum Gasteiger partial charge on any atom is -0.469 e. The minimum absolute atomic E-state index is 0.164. The molecule has 0 N–H and O–H groups in total. The van der Waals surface area contributed by atoms with Gasteiger partial charge in [0.1, 0.15) is 6.33 Å². The fraction of sp³-hybridized carbons (Fsp3) is 0.600. The molecule has 2 bridgehead atoms. The van der Waals surface area contributed by atoms with Gasteiger partial charge < -0.3 is 23.7 Å². The van der Waals surface area contributed by atoms with Crippen molar-refractivity contribution in [1.29, 1.82) is 0 Å². The summed E-state index contributed by atoms with van der Waals surface area (Å²) in [6.07, 6.45) is 7.18. The van der Waals surface area contributed by atoms with Crippen LogP contribution in [0.1, 0.15) is 19.3 Å². The minimum atomic E-state index is -1.18. The van der Waals surface area contributed by atoms with Crippen molar-refractivity contribution in [1.82, 2.24) is 9.55 Å². The molecule has 0 saturated heterocycles. The van der Waals surface area contributed by atoms with Crippen LogP contribution in [0.3, 0.4) is 0 Å². The highest BCUT2D eigenvalue weighted by Gasteiger charge is 2.63. The average Bonchev–Trinajstić information content (AvgIpc) is 3.32. The zero-order valence-corrected chi connectivity index (χ0v) is 18.2. The van der Waals surface area contributed by atoms with E-state index in [1.54, 1.807) is 17.0 Å². The SMILES string of the molecule is COC(=O)CCC1=CC2C(C(=O)OC)CC1C(OC)(OC)[C@H]2OC(=S)n1ccnc1. The summed E-state index contributed by atoms with van der Waals surface area (Å²) < 4.78 is 29.3. The summed E-state index contributed by atoms with van der Waals surface area (Å²) in [5.74, 6) is -3.03. The fourth-order valence-electron chi connectivity index (χ4n) is 4.54. The summed E-state index contributed by atoms with van der Waals surface area (Å²) in [6, 6.07) is 0. The summed E-state index contributed by atoms with van der Waals surface area (Å²) in [5, 5.41) is 0.164. The maximum absolute atomic E-state index is 12.5. The van der Waals surface area contributed by atoms with Crippen molar-refractivity contribution in [2.45, 2.75) is 31.2 Å². The van der Waals surface area contributed by atoms with E-state index in [4.69, 9.17) is 35.9 Å². The first-order chi connectivity index (χ1) is 14.4. The number of fused-ring (bicyclic) bond motifs is 2. The smallest absolute Gasteiger partial charge is 0.309 e. The van der Waals surface area contributed by atoms with E-state index in [2.05, 4.69) is 4.98 Å². The topological polar surface area (TPSA) is 98.1 Å². The maximum atomic E-state index is 12.5. The number of rotatable bonds is 7. The number of hydrogen-bond donors (Lipinski definition) is 0. The first kappa shape index (κ1) is 22.4. The van der Waals surface area contributed by atoms with Crippen molar-refractivity contribution < 1.29 is 33.3 Å². The van der Waals surface area contributed by atoms with Gasteiger partial charge in [-0.2, -0.15) is 0 Å². The third kappa shape index (κ3) is 3.86. The number of ether oxygens (including phenoxy) is 5. The fourth-order valence-corrected chi connectivity index (χ4v) is 4.75. The molecular weight excluding hydrogens is 412 g/mol. The molecule has 1 aromatic heterocycles. The van der Waals surface area contributed by atoms with Crippen LogP contribution in [0, 0.1) is 17.8 Å². The van der Waals surface area contributed by atoms with Gasteiger partial charge in [-0.15, -0.1) is 0 Å². The Kier molecular flexibility index (Phi) is 6.89. The zero-order chi connectivity index (χ0) is 21.9. The summed E-state index contributed by atoms with van der Waals surface area (Å²) >= 11 is 5.42. The van der Waals surface area contributed by atoms with Crippen LogP contribution in [-0.2, 0) is 33.3 Å². The first-order valence-corrected chi connectivity index (χ1v) is 9.97. The lowest BCUT2D eigenvalue weighted by atomic mass is 9.60. The molecule has 4 rings (SSSR count). The molecule has 10 heteroatoms. The molecule has 0 amide bonds. The van der Waals surface area contributed by atoms with E-state index in [9.17, 15) is 9.59 Å². The zero-order valence-electron chi connectivity index (χ0n) is 17.4. The first-order valence-electron chi connectivity index (χ1n) is 9.56. The van der Waals surface area contributed by atoms with Crippen molar-refractivity contribution in [2.75, 3.05) is 28.4 Å². The van der Waals surface area contributed by atoms with Gasteiger partial charge >= 0.3 is 11.9 Å². The van der Waals surface area contributed by atoms with Crippen LogP contribution in [0.15, 0.2) is 30.4 Å². The average molecular weight is 439 g/mol. The van der Waals surface area contributed by atoms with Crippen LogP contribution in [0.25, 0.3) is 0 Å². The van der Waals surface area contributed by atoms with E-state index >= 15 is 0 Å². The summed E-state index contributed by atoms with van der Waals surface area (Å²) in [7, 11) is 5.78. The molecule has 164 valence electrons. The predicted octanol–water partition coefficient (Wildman–Crippen LogP) is 1.71. The number of imidazole rings is 1. The Balaban J connectivity index is 1.98. The molecule has 0 radical (unpaired) electrons. The molecule has 1 fully saturated rings. The van der Waals surface area contributed by atoms with Gasteiger partial charge in [-0.3, -0.25) is 14.2 Å². The van der Waals surface area contributed by atoms with Crippen molar-refractivity contribution in [2.24, 2.45) is 17.8 Å². The van der Waals surface area contributed by atoms with Gasteiger partial charge in [0.05, 0.1) is 20.1 Å². The van der Waals surface area contributed by atoms with Crippen molar-refractivity contribution >= 4 is 29.3 Å². The largest absolute Gasteiger partial charge is 0.469 e. The molecule has 3 unspecified atom stereocenters. The number of aromatic nitrogens is 2. The summed E-state index contributed by atoms with van der Waals surface area (Å²) in [5.41, 5.74) is 0.961. The van der Waals surface area contributed by atoms with Gasteiger partial charge in [0, 0.05) is 44.9 Å².